The Kier molecular flexibility index (Phi) is 4.97. The van der Waals surface area contributed by atoms with Crippen molar-refractivity contribution in [3.63, 3.8) is 0 Å². The van der Waals surface area contributed by atoms with Crippen LogP contribution < -0.4 is 4.72 Å². The summed E-state index contributed by atoms with van der Waals surface area (Å²) in [5.74, 6) is -1.25. The van der Waals surface area contributed by atoms with E-state index in [0.29, 0.717) is 11.3 Å². The third-order valence-corrected chi connectivity index (χ3v) is 5.71. The number of hydrogen-bond donors (Lipinski definition) is 1. The van der Waals surface area contributed by atoms with Crippen LogP contribution in [0.5, 0.6) is 0 Å². The smallest absolute Gasteiger partial charge is 0.351 e. The van der Waals surface area contributed by atoms with E-state index in [2.05, 4.69) is 14.4 Å². The maximum Gasteiger partial charge on any atom is 0.452 e. The third-order valence-electron chi connectivity index (χ3n) is 4.20. The molecule has 0 bridgehead atoms. The molecule has 0 atom stereocenters. The van der Waals surface area contributed by atoms with Crippen molar-refractivity contribution in [2.24, 2.45) is 0 Å². The number of anilines is 1. The van der Waals surface area contributed by atoms with Crippen LogP contribution in [-0.4, -0.2) is 13.6 Å². The first-order valence-electron chi connectivity index (χ1n) is 8.22. The van der Waals surface area contributed by atoms with Gasteiger partial charge in [0.1, 0.15) is 5.69 Å². The van der Waals surface area contributed by atoms with Crippen molar-refractivity contribution < 1.29 is 26.1 Å². The summed E-state index contributed by atoms with van der Waals surface area (Å²) < 4.78 is 70.8. The van der Waals surface area contributed by atoms with Crippen molar-refractivity contribution in [3.05, 3.63) is 64.9 Å². The number of aromatic nitrogens is 1. The highest BCUT2D eigenvalue weighted by Gasteiger charge is 2.36. The van der Waals surface area contributed by atoms with Crippen LogP contribution in [0.2, 0.25) is 0 Å². The largest absolute Gasteiger partial charge is 0.452 e. The van der Waals surface area contributed by atoms with Gasteiger partial charge in [-0.3, -0.25) is 4.72 Å². The predicted molar refractivity (Wildman–Crippen MR) is 98.4 cm³/mol. The number of hydrogen-bond acceptors (Lipinski definition) is 4. The van der Waals surface area contributed by atoms with E-state index in [0.717, 1.165) is 17.2 Å². The summed E-state index contributed by atoms with van der Waals surface area (Å²) in [6.45, 7) is 5.21. The molecule has 0 spiro atoms. The fourth-order valence-corrected chi connectivity index (χ4v) is 4.03. The number of rotatable bonds is 4. The molecular weight excluding hydrogens is 393 g/mol. The van der Waals surface area contributed by atoms with Gasteiger partial charge in [-0.05, 0) is 49.6 Å². The number of benzene rings is 2. The zero-order valence-electron chi connectivity index (χ0n) is 15.3. The Bertz CT molecular complexity index is 1140. The maximum atomic E-state index is 12.9. The van der Waals surface area contributed by atoms with Gasteiger partial charge >= 0.3 is 6.18 Å². The van der Waals surface area contributed by atoms with Gasteiger partial charge in [-0.15, -0.1) is 0 Å². The van der Waals surface area contributed by atoms with E-state index in [9.17, 15) is 21.6 Å². The molecule has 0 aliphatic carbocycles. The molecule has 0 unspecified atom stereocenters. The highest BCUT2D eigenvalue weighted by molar-refractivity contribution is 7.92. The van der Waals surface area contributed by atoms with Gasteiger partial charge < -0.3 is 4.52 Å². The van der Waals surface area contributed by atoms with Crippen LogP contribution in [0.4, 0.5) is 18.9 Å². The number of nitrogens with zero attached hydrogens (tertiary/aromatic N) is 1. The minimum absolute atomic E-state index is 0.0533. The second-order valence-corrected chi connectivity index (χ2v) is 8.13. The van der Waals surface area contributed by atoms with Crippen molar-refractivity contribution >= 4 is 15.7 Å². The molecule has 2 aromatic carbocycles. The third kappa shape index (κ3) is 4.04. The lowest BCUT2D eigenvalue weighted by atomic mass is 10.1. The highest BCUT2D eigenvalue weighted by atomic mass is 32.2. The fraction of sp³-hybridized carbons (Fsp3) is 0.211. The second kappa shape index (κ2) is 6.97. The molecule has 0 aliphatic heterocycles. The lowest BCUT2D eigenvalue weighted by Gasteiger charge is -2.13. The predicted octanol–water partition coefficient (Wildman–Crippen LogP) is 5.09. The summed E-state index contributed by atoms with van der Waals surface area (Å²) >= 11 is 0. The van der Waals surface area contributed by atoms with Gasteiger partial charge in [-0.25, -0.2) is 8.42 Å². The van der Waals surface area contributed by atoms with E-state index in [-0.39, 0.29) is 16.2 Å². The van der Waals surface area contributed by atoms with E-state index in [4.69, 9.17) is 0 Å². The molecule has 0 saturated carbocycles. The molecule has 3 aromatic rings. The number of halogens is 3. The zero-order valence-corrected chi connectivity index (χ0v) is 16.1. The SMILES string of the molecule is Cc1ccc(C)c(NS(=O)(=O)c2cc(-c3cc(C(F)(F)F)on3)ccc2C)c1. The normalized spacial score (nSPS) is 12.2. The van der Waals surface area contributed by atoms with Crippen LogP contribution >= 0.6 is 0 Å². The molecule has 5 nitrogen and oxygen atoms in total. The molecule has 0 amide bonds. The van der Waals surface area contributed by atoms with Crippen LogP contribution in [-0.2, 0) is 16.2 Å². The highest BCUT2D eigenvalue weighted by Crippen LogP contribution is 2.33. The van der Waals surface area contributed by atoms with Crippen LogP contribution in [0.1, 0.15) is 22.5 Å². The van der Waals surface area contributed by atoms with Gasteiger partial charge in [0.15, 0.2) is 0 Å². The summed E-state index contributed by atoms with van der Waals surface area (Å²) in [5.41, 5.74) is 2.61. The second-order valence-electron chi connectivity index (χ2n) is 6.48. The Morgan fingerprint density at radius 2 is 1.64 bits per heavy atom. The van der Waals surface area contributed by atoms with Crippen molar-refractivity contribution in [3.8, 4) is 11.3 Å². The van der Waals surface area contributed by atoms with Gasteiger partial charge in [0.05, 0.1) is 10.6 Å². The Balaban J connectivity index is 2.01. The van der Waals surface area contributed by atoms with Gasteiger partial charge in [-0.2, -0.15) is 13.2 Å². The molecule has 1 aromatic heterocycles. The summed E-state index contributed by atoms with van der Waals surface area (Å²) in [4.78, 5) is -0.0533. The molecule has 0 saturated heterocycles. The Morgan fingerprint density at radius 3 is 2.29 bits per heavy atom. The summed E-state index contributed by atoms with van der Waals surface area (Å²) in [6, 6.07) is 10.4. The average molecular weight is 410 g/mol. The molecule has 148 valence electrons. The maximum absolute atomic E-state index is 12.9. The number of sulfonamides is 1. The van der Waals surface area contributed by atoms with Crippen molar-refractivity contribution in [2.45, 2.75) is 31.8 Å². The van der Waals surface area contributed by atoms with Crippen LogP contribution in [0, 0.1) is 20.8 Å². The van der Waals surface area contributed by atoms with E-state index >= 15 is 0 Å². The van der Waals surface area contributed by atoms with E-state index in [1.807, 2.05) is 13.0 Å². The fourth-order valence-electron chi connectivity index (χ4n) is 2.64. The molecule has 0 aliphatic rings. The average Bonchev–Trinajstić information content (AvgIpc) is 3.08. The van der Waals surface area contributed by atoms with Crippen molar-refractivity contribution in [1.29, 1.82) is 0 Å². The van der Waals surface area contributed by atoms with Gasteiger partial charge in [0, 0.05) is 11.6 Å². The standard InChI is InChI=1S/C19H17F3N2O3S/c1-11-4-5-12(2)15(8-11)24-28(25,26)17-9-14(7-6-13(17)3)16-10-18(27-23-16)19(20,21)22/h4-10,24H,1-3H3. The molecule has 3 rings (SSSR count). The number of nitrogens with one attached hydrogen (secondary N) is 1. The summed E-state index contributed by atoms with van der Waals surface area (Å²) in [5, 5.41) is 3.41. The number of aryl methyl sites for hydroxylation is 3. The van der Waals surface area contributed by atoms with Gasteiger partial charge in [0.2, 0.25) is 5.76 Å². The van der Waals surface area contributed by atoms with E-state index in [1.54, 1.807) is 26.0 Å². The monoisotopic (exact) mass is 410 g/mol. The van der Waals surface area contributed by atoms with E-state index < -0.39 is 22.0 Å². The van der Waals surface area contributed by atoms with E-state index in [1.165, 1.54) is 18.2 Å². The molecule has 1 heterocycles. The lowest BCUT2D eigenvalue weighted by Crippen LogP contribution is -2.15. The van der Waals surface area contributed by atoms with Crippen molar-refractivity contribution in [1.82, 2.24) is 5.16 Å². The Morgan fingerprint density at radius 1 is 0.964 bits per heavy atom. The first-order valence-corrected chi connectivity index (χ1v) is 9.71. The van der Waals surface area contributed by atoms with Gasteiger partial charge in [0.25, 0.3) is 10.0 Å². The molecule has 1 N–H and O–H groups in total. The van der Waals surface area contributed by atoms with Crippen molar-refractivity contribution in [2.75, 3.05) is 4.72 Å². The quantitative estimate of drug-likeness (QED) is 0.651. The van der Waals surface area contributed by atoms with Crippen LogP contribution in [0.3, 0.4) is 0 Å². The minimum atomic E-state index is -4.67. The molecular formula is C19H17F3N2O3S. The first kappa shape index (κ1) is 19.9. The molecule has 28 heavy (non-hydrogen) atoms. The molecule has 0 fully saturated rings. The van der Waals surface area contributed by atoms with Gasteiger partial charge in [-0.1, -0.05) is 29.4 Å². The van der Waals surface area contributed by atoms with Crippen LogP contribution in [0.25, 0.3) is 11.3 Å². The summed E-state index contributed by atoms with van der Waals surface area (Å²) in [6.07, 6.45) is -4.67. The molecule has 9 heteroatoms. The first-order chi connectivity index (χ1) is 13.0. The minimum Gasteiger partial charge on any atom is -0.351 e. The topological polar surface area (TPSA) is 72.2 Å². The lowest BCUT2D eigenvalue weighted by molar-refractivity contribution is -0.155. The Labute approximate surface area is 160 Å². The van der Waals surface area contributed by atoms with Crippen LogP contribution in [0.15, 0.2) is 51.9 Å². The zero-order chi connectivity index (χ0) is 20.7. The summed E-state index contributed by atoms with van der Waals surface area (Å²) in [7, 11) is -3.97. The number of alkyl halides is 3. The molecule has 0 radical (unpaired) electrons. The Hall–Kier alpha value is -2.81.